The van der Waals surface area contributed by atoms with E-state index in [0.29, 0.717) is 23.1 Å². The number of thiazole rings is 1. The average Bonchev–Trinajstić information content (AvgIpc) is 3.38. The molecular formula is C27H19BrN2O4S2. The Morgan fingerprint density at radius 2 is 1.64 bits per heavy atom. The van der Waals surface area contributed by atoms with Crippen LogP contribution < -0.4 is 14.5 Å². The summed E-state index contributed by atoms with van der Waals surface area (Å²) in [5.74, 6) is -1.11. The van der Waals surface area contributed by atoms with E-state index in [-0.39, 0.29) is 16.7 Å². The summed E-state index contributed by atoms with van der Waals surface area (Å²) in [6.45, 7) is 0.351. The molecule has 180 valence electrons. The molecule has 0 radical (unpaired) electrons. The number of amides is 2. The number of hydrogen-bond acceptors (Lipinski definition) is 6. The zero-order valence-electron chi connectivity index (χ0n) is 18.7. The van der Waals surface area contributed by atoms with Crippen LogP contribution in [0.1, 0.15) is 21.9 Å². The number of nitrogens with zero attached hydrogens (tertiary/aromatic N) is 1. The molecule has 0 bridgehead atoms. The second-order valence-corrected chi connectivity index (χ2v) is 11.6. The Balaban J connectivity index is 1.46. The Bertz CT molecular complexity index is 1520. The molecule has 6 nitrogen and oxygen atoms in total. The van der Waals surface area contributed by atoms with Gasteiger partial charge in [-0.2, -0.15) is 0 Å². The van der Waals surface area contributed by atoms with Crippen LogP contribution >= 0.6 is 39.0 Å². The van der Waals surface area contributed by atoms with Crippen LogP contribution in [0.25, 0.3) is 0 Å². The van der Waals surface area contributed by atoms with Crippen molar-refractivity contribution in [3.63, 3.8) is 0 Å². The standard InChI is InChI=1S/C27H19BrN2O4S2/c28-16-11-12-19(34-14-15-7-3-1-4-8-15)18(13-16)20-21-23(35-24-22(20)36-27(33)29-24)26(32)30(25(21)31)17-9-5-2-6-10-17/h1-13,20-21,23H,14H2,(H,29,33)/t20-,21-,23+/m0/s1. The second kappa shape index (κ2) is 9.38. The van der Waals surface area contributed by atoms with E-state index < -0.39 is 17.1 Å². The molecule has 1 aromatic heterocycles. The Labute approximate surface area is 223 Å². The fraction of sp³-hybridized carbons (Fsp3) is 0.148. The molecule has 6 rings (SSSR count). The number of carbonyl (C=O) groups is 2. The molecule has 4 aromatic rings. The number of benzene rings is 3. The molecule has 36 heavy (non-hydrogen) atoms. The summed E-state index contributed by atoms with van der Waals surface area (Å²) >= 11 is 5.92. The highest BCUT2D eigenvalue weighted by molar-refractivity contribution is 9.10. The first-order chi connectivity index (χ1) is 17.5. The highest BCUT2D eigenvalue weighted by atomic mass is 79.9. The van der Waals surface area contributed by atoms with Gasteiger partial charge in [0, 0.05) is 20.8 Å². The number of fused-ring (bicyclic) bond motifs is 2. The van der Waals surface area contributed by atoms with Gasteiger partial charge in [-0.25, -0.2) is 4.90 Å². The van der Waals surface area contributed by atoms with E-state index in [1.165, 1.54) is 16.7 Å². The van der Waals surface area contributed by atoms with Crippen LogP contribution in [0.4, 0.5) is 5.69 Å². The summed E-state index contributed by atoms with van der Waals surface area (Å²) in [6.07, 6.45) is 0. The van der Waals surface area contributed by atoms with Gasteiger partial charge in [0.15, 0.2) is 0 Å². The van der Waals surface area contributed by atoms with Crippen molar-refractivity contribution in [1.29, 1.82) is 0 Å². The van der Waals surface area contributed by atoms with Crippen molar-refractivity contribution >= 4 is 56.5 Å². The number of para-hydroxylation sites is 1. The minimum atomic E-state index is -0.671. The average molecular weight is 579 g/mol. The van der Waals surface area contributed by atoms with E-state index in [0.717, 1.165) is 31.8 Å². The molecule has 0 saturated carbocycles. The zero-order valence-corrected chi connectivity index (χ0v) is 21.9. The lowest BCUT2D eigenvalue weighted by atomic mass is 9.82. The molecule has 0 spiro atoms. The second-order valence-electron chi connectivity index (χ2n) is 8.55. The van der Waals surface area contributed by atoms with Gasteiger partial charge in [0.05, 0.1) is 16.6 Å². The molecule has 3 atom stereocenters. The normalized spacial score (nSPS) is 20.8. The predicted molar refractivity (Wildman–Crippen MR) is 144 cm³/mol. The SMILES string of the molecule is O=C1[C@H]2[C@H](c3cc(Br)ccc3OCc3ccccc3)c3sc(=O)[nH]c3S[C@H]2C(=O)N1c1ccccc1. The van der Waals surface area contributed by atoms with Crippen molar-refractivity contribution in [1.82, 2.24) is 4.98 Å². The highest BCUT2D eigenvalue weighted by Gasteiger charge is 2.56. The summed E-state index contributed by atoms with van der Waals surface area (Å²) in [5.41, 5.74) is 2.33. The van der Waals surface area contributed by atoms with E-state index in [1.807, 2.05) is 54.6 Å². The monoisotopic (exact) mass is 578 g/mol. The number of rotatable bonds is 5. The quantitative estimate of drug-likeness (QED) is 0.313. The molecular weight excluding hydrogens is 560 g/mol. The van der Waals surface area contributed by atoms with Crippen molar-refractivity contribution in [2.75, 3.05) is 4.90 Å². The van der Waals surface area contributed by atoms with E-state index in [1.54, 1.807) is 24.3 Å². The molecule has 2 amide bonds. The van der Waals surface area contributed by atoms with Crippen LogP contribution in [0.3, 0.4) is 0 Å². The summed E-state index contributed by atoms with van der Waals surface area (Å²) in [7, 11) is 0. The maximum Gasteiger partial charge on any atom is 0.305 e. The molecule has 1 fully saturated rings. The van der Waals surface area contributed by atoms with E-state index in [9.17, 15) is 14.4 Å². The van der Waals surface area contributed by atoms with Gasteiger partial charge >= 0.3 is 4.87 Å². The minimum Gasteiger partial charge on any atom is -0.489 e. The number of imide groups is 1. The molecule has 1 N–H and O–H groups in total. The first kappa shape index (κ1) is 23.3. The van der Waals surface area contributed by atoms with Crippen LogP contribution in [-0.4, -0.2) is 22.0 Å². The van der Waals surface area contributed by atoms with E-state index >= 15 is 0 Å². The Morgan fingerprint density at radius 3 is 2.39 bits per heavy atom. The van der Waals surface area contributed by atoms with Gasteiger partial charge < -0.3 is 9.72 Å². The first-order valence-corrected chi connectivity index (χ1v) is 13.8. The molecule has 1 saturated heterocycles. The van der Waals surface area contributed by atoms with Crippen LogP contribution in [0, 0.1) is 5.92 Å². The van der Waals surface area contributed by atoms with E-state index in [2.05, 4.69) is 20.9 Å². The Morgan fingerprint density at radius 1 is 0.917 bits per heavy atom. The molecule has 2 aliphatic heterocycles. The number of ether oxygens (including phenoxy) is 1. The summed E-state index contributed by atoms with van der Waals surface area (Å²) in [4.78, 5) is 44.5. The first-order valence-electron chi connectivity index (χ1n) is 11.3. The van der Waals surface area contributed by atoms with Crippen LogP contribution in [0.15, 0.2) is 93.2 Å². The number of halogens is 1. The van der Waals surface area contributed by atoms with Crippen LogP contribution in [0.5, 0.6) is 5.75 Å². The molecule has 3 heterocycles. The summed E-state index contributed by atoms with van der Waals surface area (Å²) in [6, 6.07) is 24.5. The van der Waals surface area contributed by atoms with Crippen LogP contribution in [-0.2, 0) is 16.2 Å². The maximum atomic E-state index is 13.9. The summed E-state index contributed by atoms with van der Waals surface area (Å²) in [5, 5.41) is -0.0114. The third-order valence-corrected chi connectivity index (χ3v) is 9.28. The Hall–Kier alpha value is -3.14. The lowest BCUT2D eigenvalue weighted by Gasteiger charge is -2.31. The van der Waals surface area contributed by atoms with Gasteiger partial charge in [-0.15, -0.1) is 0 Å². The fourth-order valence-corrected chi connectivity index (χ4v) is 7.70. The number of aromatic nitrogens is 1. The molecule has 0 aliphatic carbocycles. The maximum absolute atomic E-state index is 13.9. The largest absolute Gasteiger partial charge is 0.489 e. The smallest absolute Gasteiger partial charge is 0.305 e. The number of H-pyrrole nitrogens is 1. The minimum absolute atomic E-state index is 0.209. The number of hydrogen-bond donors (Lipinski definition) is 1. The lowest BCUT2D eigenvalue weighted by Crippen LogP contribution is -2.32. The predicted octanol–water partition coefficient (Wildman–Crippen LogP) is 5.57. The molecule has 3 aromatic carbocycles. The molecule has 0 unspecified atom stereocenters. The number of nitrogens with one attached hydrogen (secondary N) is 1. The molecule has 2 aliphatic rings. The van der Waals surface area contributed by atoms with Gasteiger partial charge in [-0.1, -0.05) is 87.6 Å². The number of anilines is 1. The number of thioether (sulfide) groups is 1. The van der Waals surface area contributed by atoms with Gasteiger partial charge in [0.25, 0.3) is 0 Å². The van der Waals surface area contributed by atoms with Crippen molar-refractivity contribution in [2.24, 2.45) is 5.92 Å². The van der Waals surface area contributed by atoms with Crippen molar-refractivity contribution in [2.45, 2.75) is 22.8 Å². The van der Waals surface area contributed by atoms with Crippen molar-refractivity contribution in [3.05, 3.63) is 109 Å². The zero-order chi connectivity index (χ0) is 24.8. The lowest BCUT2D eigenvalue weighted by molar-refractivity contribution is -0.122. The summed E-state index contributed by atoms with van der Waals surface area (Å²) < 4.78 is 7.07. The fourth-order valence-electron chi connectivity index (χ4n) is 4.81. The van der Waals surface area contributed by atoms with Crippen molar-refractivity contribution < 1.29 is 14.3 Å². The highest BCUT2D eigenvalue weighted by Crippen LogP contribution is 2.54. The van der Waals surface area contributed by atoms with Gasteiger partial charge in [0.2, 0.25) is 11.8 Å². The third kappa shape index (κ3) is 4.01. The van der Waals surface area contributed by atoms with Gasteiger partial charge in [0.1, 0.15) is 17.6 Å². The Kier molecular flexibility index (Phi) is 6.07. The number of carbonyl (C=O) groups excluding carboxylic acids is 2. The third-order valence-electron chi connectivity index (χ3n) is 6.38. The number of aromatic amines is 1. The molecule has 9 heteroatoms. The van der Waals surface area contributed by atoms with Gasteiger partial charge in [-0.05, 0) is 35.9 Å². The van der Waals surface area contributed by atoms with E-state index in [4.69, 9.17) is 4.74 Å². The van der Waals surface area contributed by atoms with Crippen molar-refractivity contribution in [3.8, 4) is 5.75 Å². The topological polar surface area (TPSA) is 79.5 Å². The van der Waals surface area contributed by atoms with Crippen LogP contribution in [0.2, 0.25) is 0 Å². The van der Waals surface area contributed by atoms with Gasteiger partial charge in [-0.3, -0.25) is 14.4 Å².